The van der Waals surface area contributed by atoms with E-state index in [-0.39, 0.29) is 6.09 Å². The molecule has 0 spiro atoms. The van der Waals surface area contributed by atoms with E-state index < -0.39 is 5.60 Å². The average Bonchev–Trinajstić information content (AvgIpc) is 2.15. The van der Waals surface area contributed by atoms with E-state index >= 15 is 0 Å². The van der Waals surface area contributed by atoms with Gasteiger partial charge in [0.05, 0.1) is 0 Å². The topological polar surface area (TPSA) is 29.5 Å². The quantitative estimate of drug-likeness (QED) is 0.687. The fourth-order valence-electron chi connectivity index (χ4n) is 2.11. The van der Waals surface area contributed by atoms with Gasteiger partial charge in [-0.2, -0.15) is 0 Å². The van der Waals surface area contributed by atoms with Gasteiger partial charge in [0.1, 0.15) is 5.60 Å². The molecule has 1 aliphatic rings. The summed E-state index contributed by atoms with van der Waals surface area (Å²) in [5.41, 5.74) is -0.396. The van der Waals surface area contributed by atoms with Crippen molar-refractivity contribution in [3.8, 4) is 0 Å². The Bertz CT molecular complexity index is 237. The summed E-state index contributed by atoms with van der Waals surface area (Å²) >= 11 is 0. The van der Waals surface area contributed by atoms with E-state index in [0.29, 0.717) is 6.04 Å². The van der Waals surface area contributed by atoms with Crippen LogP contribution in [0.5, 0.6) is 0 Å². The van der Waals surface area contributed by atoms with Crippen LogP contribution < -0.4 is 0 Å². The first-order valence-corrected chi connectivity index (χ1v) is 6.25. The van der Waals surface area contributed by atoms with E-state index in [0.717, 1.165) is 18.8 Å². The molecule has 1 fully saturated rings. The number of hydrogen-bond acceptors (Lipinski definition) is 2. The molecule has 1 saturated carbocycles. The third-order valence-corrected chi connectivity index (χ3v) is 3.21. The fraction of sp³-hybridized carbons (Fsp3) is 0.923. The largest absolute Gasteiger partial charge is 0.444 e. The van der Waals surface area contributed by atoms with Gasteiger partial charge in [-0.05, 0) is 52.4 Å². The molecule has 0 aromatic rings. The molecule has 94 valence electrons. The zero-order valence-corrected chi connectivity index (χ0v) is 11.2. The van der Waals surface area contributed by atoms with Crippen molar-refractivity contribution in [3.63, 3.8) is 0 Å². The van der Waals surface area contributed by atoms with E-state index in [1.807, 2.05) is 27.8 Å². The van der Waals surface area contributed by atoms with Crippen molar-refractivity contribution in [2.45, 2.75) is 65.0 Å². The van der Waals surface area contributed by atoms with E-state index in [9.17, 15) is 4.79 Å². The van der Waals surface area contributed by atoms with E-state index in [4.69, 9.17) is 4.74 Å². The molecule has 3 nitrogen and oxygen atoms in total. The Kier molecular flexibility index (Phi) is 4.22. The van der Waals surface area contributed by atoms with Crippen LogP contribution >= 0.6 is 0 Å². The van der Waals surface area contributed by atoms with Crippen molar-refractivity contribution in [2.24, 2.45) is 5.92 Å². The van der Waals surface area contributed by atoms with Crippen molar-refractivity contribution >= 4 is 6.09 Å². The number of rotatable bonds is 1. The zero-order chi connectivity index (χ0) is 12.3. The minimum atomic E-state index is -0.396. The van der Waals surface area contributed by atoms with Gasteiger partial charge in [0.2, 0.25) is 0 Å². The second kappa shape index (κ2) is 5.07. The summed E-state index contributed by atoms with van der Waals surface area (Å²) in [6, 6.07) is 0.367. The normalized spacial score (nSPS) is 26.3. The lowest BCUT2D eigenvalue weighted by molar-refractivity contribution is 0.0175. The molecular weight excluding hydrogens is 202 g/mol. The third-order valence-electron chi connectivity index (χ3n) is 3.21. The first-order chi connectivity index (χ1) is 7.29. The summed E-state index contributed by atoms with van der Waals surface area (Å²) in [4.78, 5) is 13.6. The predicted octanol–water partition coefficient (Wildman–Crippen LogP) is 3.43. The maximum Gasteiger partial charge on any atom is 0.410 e. The summed E-state index contributed by atoms with van der Waals surface area (Å²) in [7, 11) is 1.86. The van der Waals surface area contributed by atoms with Crippen LogP contribution in [0.1, 0.15) is 53.4 Å². The molecule has 1 aliphatic carbocycles. The highest BCUT2D eigenvalue weighted by Gasteiger charge is 2.27. The molecule has 0 aromatic heterocycles. The summed E-state index contributed by atoms with van der Waals surface area (Å²) < 4.78 is 5.37. The predicted molar refractivity (Wildman–Crippen MR) is 65.4 cm³/mol. The van der Waals surface area contributed by atoms with Crippen LogP contribution in [0.25, 0.3) is 0 Å². The van der Waals surface area contributed by atoms with Gasteiger partial charge < -0.3 is 9.64 Å². The zero-order valence-electron chi connectivity index (χ0n) is 11.2. The minimum absolute atomic E-state index is 0.188. The highest BCUT2D eigenvalue weighted by Crippen LogP contribution is 2.27. The second-order valence-electron chi connectivity index (χ2n) is 6.00. The Labute approximate surface area is 99.1 Å². The molecule has 0 N–H and O–H groups in total. The summed E-state index contributed by atoms with van der Waals surface area (Å²) in [6.45, 7) is 7.99. The van der Waals surface area contributed by atoms with Gasteiger partial charge in [-0.15, -0.1) is 0 Å². The van der Waals surface area contributed by atoms with Crippen LogP contribution in [0.15, 0.2) is 0 Å². The molecule has 0 unspecified atom stereocenters. The maximum atomic E-state index is 11.8. The molecule has 0 radical (unpaired) electrons. The Morgan fingerprint density at radius 1 is 1.19 bits per heavy atom. The average molecular weight is 227 g/mol. The van der Waals surface area contributed by atoms with E-state index in [2.05, 4.69) is 6.92 Å². The number of ether oxygens (including phenoxy) is 1. The standard InChI is InChI=1S/C13H25NO2/c1-10-6-8-11(9-7-10)14(5)12(15)16-13(2,3)4/h10-11H,6-9H2,1-5H3. The molecule has 0 aromatic carbocycles. The number of carbonyl (C=O) groups is 1. The first kappa shape index (κ1) is 13.3. The van der Waals surface area contributed by atoms with Crippen LogP contribution in [-0.4, -0.2) is 29.7 Å². The lowest BCUT2D eigenvalue weighted by Gasteiger charge is -2.34. The van der Waals surface area contributed by atoms with E-state index in [1.165, 1.54) is 12.8 Å². The third kappa shape index (κ3) is 4.03. The number of nitrogens with zero attached hydrogens (tertiary/aromatic N) is 1. The molecule has 1 rings (SSSR count). The number of hydrogen-bond donors (Lipinski definition) is 0. The second-order valence-corrected chi connectivity index (χ2v) is 6.00. The van der Waals surface area contributed by atoms with Gasteiger partial charge in [-0.3, -0.25) is 0 Å². The number of amides is 1. The molecular formula is C13H25NO2. The highest BCUT2D eigenvalue weighted by atomic mass is 16.6. The summed E-state index contributed by atoms with van der Waals surface area (Å²) in [5.74, 6) is 0.809. The van der Waals surface area contributed by atoms with Gasteiger partial charge in [-0.1, -0.05) is 6.92 Å². The van der Waals surface area contributed by atoms with Crippen LogP contribution in [0, 0.1) is 5.92 Å². The van der Waals surface area contributed by atoms with E-state index in [1.54, 1.807) is 4.90 Å². The lowest BCUT2D eigenvalue weighted by Crippen LogP contribution is -2.42. The fourth-order valence-corrected chi connectivity index (χ4v) is 2.11. The van der Waals surface area contributed by atoms with Crippen molar-refractivity contribution in [2.75, 3.05) is 7.05 Å². The van der Waals surface area contributed by atoms with Crippen molar-refractivity contribution in [1.82, 2.24) is 4.90 Å². The Hall–Kier alpha value is -0.730. The van der Waals surface area contributed by atoms with Crippen molar-refractivity contribution in [3.05, 3.63) is 0 Å². The number of carbonyl (C=O) groups excluding carboxylic acids is 1. The molecule has 0 bridgehead atoms. The summed E-state index contributed by atoms with van der Waals surface area (Å²) in [6.07, 6.45) is 4.47. The monoisotopic (exact) mass is 227 g/mol. The molecule has 3 heteroatoms. The van der Waals surface area contributed by atoms with Crippen molar-refractivity contribution in [1.29, 1.82) is 0 Å². The van der Waals surface area contributed by atoms with Gasteiger partial charge in [0.15, 0.2) is 0 Å². The first-order valence-electron chi connectivity index (χ1n) is 6.25. The molecule has 0 atom stereocenters. The molecule has 16 heavy (non-hydrogen) atoms. The maximum absolute atomic E-state index is 11.8. The minimum Gasteiger partial charge on any atom is -0.444 e. The Balaban J connectivity index is 2.45. The highest BCUT2D eigenvalue weighted by molar-refractivity contribution is 5.68. The van der Waals surface area contributed by atoms with Gasteiger partial charge in [0.25, 0.3) is 0 Å². The summed E-state index contributed by atoms with van der Waals surface area (Å²) in [5, 5.41) is 0. The molecule has 0 heterocycles. The van der Waals surface area contributed by atoms with Gasteiger partial charge in [0, 0.05) is 13.1 Å². The Morgan fingerprint density at radius 3 is 2.12 bits per heavy atom. The molecule has 0 saturated heterocycles. The van der Waals surface area contributed by atoms with Gasteiger partial charge >= 0.3 is 6.09 Å². The van der Waals surface area contributed by atoms with Crippen LogP contribution in [0.4, 0.5) is 4.79 Å². The smallest absolute Gasteiger partial charge is 0.410 e. The molecule has 1 amide bonds. The van der Waals surface area contributed by atoms with Gasteiger partial charge in [-0.25, -0.2) is 4.79 Å². The van der Waals surface area contributed by atoms with Crippen LogP contribution in [-0.2, 0) is 4.74 Å². The SMILES string of the molecule is CC1CCC(N(C)C(=O)OC(C)(C)C)CC1. The van der Waals surface area contributed by atoms with Crippen molar-refractivity contribution < 1.29 is 9.53 Å². The molecule has 0 aliphatic heterocycles. The Morgan fingerprint density at radius 2 is 1.69 bits per heavy atom. The van der Waals surface area contributed by atoms with Crippen LogP contribution in [0.2, 0.25) is 0 Å². The lowest BCUT2D eigenvalue weighted by atomic mass is 9.87. The van der Waals surface area contributed by atoms with Crippen LogP contribution in [0.3, 0.4) is 0 Å².